The number of anilines is 1. The third kappa shape index (κ3) is 2.48. The number of benzene rings is 1. The van der Waals surface area contributed by atoms with Gasteiger partial charge in [-0.15, -0.1) is 0 Å². The number of amides is 1. The number of furan rings is 1. The van der Waals surface area contributed by atoms with Gasteiger partial charge in [0.05, 0.1) is 5.69 Å². The van der Waals surface area contributed by atoms with Crippen molar-refractivity contribution >= 4 is 17.9 Å². The van der Waals surface area contributed by atoms with Crippen molar-refractivity contribution in [2.24, 2.45) is 0 Å². The highest BCUT2D eigenvalue weighted by molar-refractivity contribution is 5.93. The lowest BCUT2D eigenvalue weighted by molar-refractivity contribution is -0.114. The summed E-state index contributed by atoms with van der Waals surface area (Å²) in [6.45, 7) is 3.39. The number of nitrogens with one attached hydrogen (secondary N) is 1. The lowest BCUT2D eigenvalue weighted by Gasteiger charge is -2.08. The predicted molar refractivity (Wildman–Crippen MR) is 68.6 cm³/mol. The number of hydrogen-bond acceptors (Lipinski definition) is 3. The minimum absolute atomic E-state index is 0.149. The Bertz CT molecular complexity index is 599. The summed E-state index contributed by atoms with van der Waals surface area (Å²) in [6.07, 6.45) is 0.649. The Morgan fingerprint density at radius 2 is 2.06 bits per heavy atom. The van der Waals surface area contributed by atoms with Crippen LogP contribution < -0.4 is 5.32 Å². The molecule has 0 aliphatic rings. The number of aryl methyl sites for hydroxylation is 1. The van der Waals surface area contributed by atoms with Gasteiger partial charge in [0.1, 0.15) is 5.76 Å². The maximum Gasteiger partial charge on any atom is 0.221 e. The van der Waals surface area contributed by atoms with E-state index in [4.69, 9.17) is 4.42 Å². The van der Waals surface area contributed by atoms with E-state index >= 15 is 0 Å². The van der Waals surface area contributed by atoms with Crippen LogP contribution in [0.3, 0.4) is 0 Å². The molecule has 4 nitrogen and oxygen atoms in total. The molecule has 0 saturated carbocycles. The standard InChI is InChI=1S/C14H13NO3/c1-9-3-5-12(13(7-9)15-10(2)17)14-6-4-11(8-16)18-14/h3-8H,1-2H3,(H,15,17). The molecule has 1 aromatic carbocycles. The Hall–Kier alpha value is -2.36. The van der Waals surface area contributed by atoms with Crippen LogP contribution >= 0.6 is 0 Å². The van der Waals surface area contributed by atoms with Crippen LogP contribution in [0, 0.1) is 6.92 Å². The van der Waals surface area contributed by atoms with E-state index in [0.717, 1.165) is 11.1 Å². The molecule has 0 radical (unpaired) electrons. The lowest BCUT2D eigenvalue weighted by atomic mass is 10.1. The molecule has 1 N–H and O–H groups in total. The second-order valence-electron chi connectivity index (χ2n) is 4.05. The van der Waals surface area contributed by atoms with Crippen molar-refractivity contribution in [2.75, 3.05) is 5.32 Å². The van der Waals surface area contributed by atoms with Gasteiger partial charge in [0, 0.05) is 12.5 Å². The first-order chi connectivity index (χ1) is 8.60. The molecule has 0 aliphatic carbocycles. The Balaban J connectivity index is 2.48. The van der Waals surface area contributed by atoms with Gasteiger partial charge in [-0.05, 0) is 36.8 Å². The summed E-state index contributed by atoms with van der Waals surface area (Å²) in [4.78, 5) is 21.8. The zero-order valence-corrected chi connectivity index (χ0v) is 10.2. The molecule has 0 bridgehead atoms. The molecular formula is C14H13NO3. The molecule has 0 saturated heterocycles. The maximum absolute atomic E-state index is 11.2. The van der Waals surface area contributed by atoms with Crippen LogP contribution in [-0.2, 0) is 4.79 Å². The lowest BCUT2D eigenvalue weighted by Crippen LogP contribution is -2.07. The van der Waals surface area contributed by atoms with Crippen molar-refractivity contribution in [2.45, 2.75) is 13.8 Å². The molecule has 1 aromatic heterocycles. The largest absolute Gasteiger partial charge is 0.453 e. The average Bonchev–Trinajstić information content (AvgIpc) is 2.77. The highest BCUT2D eigenvalue weighted by Gasteiger charge is 2.10. The molecule has 0 unspecified atom stereocenters. The number of rotatable bonds is 3. The second-order valence-corrected chi connectivity index (χ2v) is 4.05. The van der Waals surface area contributed by atoms with Crippen LogP contribution in [0.25, 0.3) is 11.3 Å². The minimum Gasteiger partial charge on any atom is -0.453 e. The van der Waals surface area contributed by atoms with Crippen molar-refractivity contribution in [1.82, 2.24) is 0 Å². The van der Waals surface area contributed by atoms with Gasteiger partial charge in [-0.2, -0.15) is 0 Å². The molecule has 92 valence electrons. The average molecular weight is 243 g/mol. The fourth-order valence-electron chi connectivity index (χ4n) is 1.73. The van der Waals surface area contributed by atoms with Gasteiger partial charge >= 0.3 is 0 Å². The molecule has 18 heavy (non-hydrogen) atoms. The van der Waals surface area contributed by atoms with Crippen LogP contribution in [0.2, 0.25) is 0 Å². The van der Waals surface area contributed by atoms with E-state index in [1.165, 1.54) is 6.92 Å². The molecule has 1 heterocycles. The van der Waals surface area contributed by atoms with E-state index in [9.17, 15) is 9.59 Å². The fourth-order valence-corrected chi connectivity index (χ4v) is 1.73. The van der Waals surface area contributed by atoms with Crippen LogP contribution in [0.4, 0.5) is 5.69 Å². The molecule has 2 rings (SSSR count). The topological polar surface area (TPSA) is 59.3 Å². The highest BCUT2D eigenvalue weighted by atomic mass is 16.3. The molecule has 0 atom stereocenters. The SMILES string of the molecule is CC(=O)Nc1cc(C)ccc1-c1ccc(C=O)o1. The summed E-state index contributed by atoms with van der Waals surface area (Å²) in [7, 11) is 0. The zero-order valence-electron chi connectivity index (χ0n) is 10.2. The Morgan fingerprint density at radius 3 is 2.67 bits per heavy atom. The first kappa shape index (κ1) is 12.1. The molecular weight excluding hydrogens is 230 g/mol. The molecule has 4 heteroatoms. The first-order valence-corrected chi connectivity index (χ1v) is 5.54. The van der Waals surface area contributed by atoms with Crippen LogP contribution in [0.1, 0.15) is 23.0 Å². The summed E-state index contributed by atoms with van der Waals surface area (Å²) < 4.78 is 5.36. The quantitative estimate of drug-likeness (QED) is 0.843. The summed E-state index contributed by atoms with van der Waals surface area (Å²) in [5, 5.41) is 2.75. The maximum atomic E-state index is 11.2. The molecule has 0 aliphatic heterocycles. The zero-order chi connectivity index (χ0) is 13.1. The van der Waals surface area contributed by atoms with E-state index in [2.05, 4.69) is 5.32 Å². The molecule has 2 aromatic rings. The van der Waals surface area contributed by atoms with E-state index in [1.807, 2.05) is 25.1 Å². The van der Waals surface area contributed by atoms with Crippen LogP contribution in [0.15, 0.2) is 34.7 Å². The van der Waals surface area contributed by atoms with Gasteiger partial charge < -0.3 is 9.73 Å². The van der Waals surface area contributed by atoms with Gasteiger partial charge in [-0.1, -0.05) is 6.07 Å². The smallest absolute Gasteiger partial charge is 0.221 e. The van der Waals surface area contributed by atoms with Crippen molar-refractivity contribution in [3.8, 4) is 11.3 Å². The molecule has 1 amide bonds. The fraction of sp³-hybridized carbons (Fsp3) is 0.143. The minimum atomic E-state index is -0.149. The van der Waals surface area contributed by atoms with Crippen molar-refractivity contribution < 1.29 is 14.0 Å². The van der Waals surface area contributed by atoms with Crippen LogP contribution in [-0.4, -0.2) is 12.2 Å². The van der Waals surface area contributed by atoms with Gasteiger partial charge in [0.2, 0.25) is 5.91 Å². The van der Waals surface area contributed by atoms with Crippen molar-refractivity contribution in [3.63, 3.8) is 0 Å². The van der Waals surface area contributed by atoms with E-state index < -0.39 is 0 Å². The molecule has 0 spiro atoms. The summed E-state index contributed by atoms with van der Waals surface area (Å²) in [6, 6.07) is 8.94. The Labute approximate surface area is 105 Å². The van der Waals surface area contributed by atoms with Gasteiger partial charge in [-0.3, -0.25) is 9.59 Å². The van der Waals surface area contributed by atoms with E-state index in [-0.39, 0.29) is 11.7 Å². The molecule has 0 fully saturated rings. The van der Waals surface area contributed by atoms with Gasteiger partial charge in [0.25, 0.3) is 0 Å². The monoisotopic (exact) mass is 243 g/mol. The number of carbonyl (C=O) groups is 2. The number of aldehydes is 1. The Kier molecular flexibility index (Phi) is 3.28. The van der Waals surface area contributed by atoms with Crippen molar-refractivity contribution in [1.29, 1.82) is 0 Å². The van der Waals surface area contributed by atoms with E-state index in [0.29, 0.717) is 17.7 Å². The second kappa shape index (κ2) is 4.87. The predicted octanol–water partition coefficient (Wildman–Crippen LogP) is 3.03. The third-order valence-electron chi connectivity index (χ3n) is 2.49. The number of carbonyl (C=O) groups excluding carboxylic acids is 2. The van der Waals surface area contributed by atoms with E-state index in [1.54, 1.807) is 12.1 Å². The summed E-state index contributed by atoms with van der Waals surface area (Å²) >= 11 is 0. The third-order valence-corrected chi connectivity index (χ3v) is 2.49. The Morgan fingerprint density at radius 1 is 1.28 bits per heavy atom. The first-order valence-electron chi connectivity index (χ1n) is 5.54. The summed E-state index contributed by atoms with van der Waals surface area (Å²) in [5.74, 6) is 0.671. The highest BCUT2D eigenvalue weighted by Crippen LogP contribution is 2.30. The summed E-state index contributed by atoms with van der Waals surface area (Å²) in [5.41, 5.74) is 2.46. The van der Waals surface area contributed by atoms with Gasteiger partial charge in [-0.25, -0.2) is 0 Å². The normalized spacial score (nSPS) is 10.1. The van der Waals surface area contributed by atoms with Crippen LogP contribution in [0.5, 0.6) is 0 Å². The van der Waals surface area contributed by atoms with Crippen molar-refractivity contribution in [3.05, 3.63) is 41.7 Å². The number of hydrogen-bond donors (Lipinski definition) is 1. The van der Waals surface area contributed by atoms with Gasteiger partial charge in [0.15, 0.2) is 12.0 Å².